The van der Waals surface area contributed by atoms with Gasteiger partial charge in [0.2, 0.25) is 0 Å². The molecule has 1 rings (SSSR count). The molecule has 0 aromatic heterocycles. The number of aliphatic hydroxyl groups excluding tert-OH is 1. The molecule has 1 atom stereocenters. The second-order valence-corrected chi connectivity index (χ2v) is 4.10. The predicted octanol–water partition coefficient (Wildman–Crippen LogP) is 1.59. The minimum absolute atomic E-state index is 0.0948. The Morgan fingerprint density at radius 1 is 1.29 bits per heavy atom. The average molecular weight is 193 g/mol. The van der Waals surface area contributed by atoms with E-state index >= 15 is 0 Å². The first-order valence-electron chi connectivity index (χ1n) is 5.00. The molecule has 3 N–H and O–H groups in total. The van der Waals surface area contributed by atoms with Gasteiger partial charge >= 0.3 is 0 Å². The van der Waals surface area contributed by atoms with Crippen LogP contribution in [-0.2, 0) is 5.41 Å². The highest BCUT2D eigenvalue weighted by Crippen LogP contribution is 2.26. The fraction of sp³-hybridized carbons (Fsp3) is 0.500. The van der Waals surface area contributed by atoms with Crippen LogP contribution in [0.1, 0.15) is 24.5 Å². The summed E-state index contributed by atoms with van der Waals surface area (Å²) < 4.78 is 0. The number of aryl methyl sites for hydroxylation is 1. The van der Waals surface area contributed by atoms with Crippen LogP contribution < -0.4 is 5.73 Å². The summed E-state index contributed by atoms with van der Waals surface area (Å²) in [6, 6.07) is 8.36. The molecule has 0 unspecified atom stereocenters. The van der Waals surface area contributed by atoms with Gasteiger partial charge in [-0.05, 0) is 18.9 Å². The largest absolute Gasteiger partial charge is 0.396 e. The summed E-state index contributed by atoms with van der Waals surface area (Å²) in [5, 5.41) is 8.99. The van der Waals surface area contributed by atoms with Crippen LogP contribution in [0, 0.1) is 6.92 Å². The molecule has 0 aliphatic rings. The molecule has 0 saturated heterocycles. The zero-order valence-corrected chi connectivity index (χ0v) is 8.96. The molecule has 2 heteroatoms. The molecule has 0 aliphatic heterocycles. The number of aliphatic hydroxyl groups is 1. The van der Waals surface area contributed by atoms with E-state index in [9.17, 15) is 0 Å². The molecule has 14 heavy (non-hydrogen) atoms. The van der Waals surface area contributed by atoms with Gasteiger partial charge in [0.15, 0.2) is 0 Å². The number of nitrogens with two attached hydrogens (primary N) is 1. The highest BCUT2D eigenvalue weighted by Gasteiger charge is 2.23. The van der Waals surface area contributed by atoms with Crippen LogP contribution in [-0.4, -0.2) is 18.3 Å². The zero-order chi connectivity index (χ0) is 10.6. The lowest BCUT2D eigenvalue weighted by Gasteiger charge is -2.27. The number of hydrogen-bond acceptors (Lipinski definition) is 2. The molecule has 0 fully saturated rings. The number of benzene rings is 1. The second kappa shape index (κ2) is 4.58. The lowest BCUT2D eigenvalue weighted by molar-refractivity contribution is 0.247. The third-order valence-corrected chi connectivity index (χ3v) is 2.86. The summed E-state index contributed by atoms with van der Waals surface area (Å²) in [5.74, 6) is 0. The molecule has 1 aromatic carbocycles. The summed E-state index contributed by atoms with van der Waals surface area (Å²) in [6.07, 6.45) is 0.715. The smallest absolute Gasteiger partial charge is 0.0439 e. The Morgan fingerprint density at radius 3 is 2.29 bits per heavy atom. The quantitative estimate of drug-likeness (QED) is 0.763. The molecule has 2 nitrogen and oxygen atoms in total. The van der Waals surface area contributed by atoms with Crippen LogP contribution in [0.2, 0.25) is 0 Å². The lowest BCUT2D eigenvalue weighted by atomic mass is 9.79. The predicted molar refractivity (Wildman–Crippen MR) is 59.3 cm³/mol. The van der Waals surface area contributed by atoms with Gasteiger partial charge in [0.05, 0.1) is 0 Å². The maximum absolute atomic E-state index is 8.99. The molecule has 0 aliphatic carbocycles. The van der Waals surface area contributed by atoms with E-state index in [-0.39, 0.29) is 12.0 Å². The molecular weight excluding hydrogens is 174 g/mol. The minimum Gasteiger partial charge on any atom is -0.396 e. The first-order valence-corrected chi connectivity index (χ1v) is 5.00. The maximum atomic E-state index is 8.99. The maximum Gasteiger partial charge on any atom is 0.0439 e. The van der Waals surface area contributed by atoms with E-state index in [2.05, 4.69) is 38.1 Å². The van der Waals surface area contributed by atoms with E-state index < -0.39 is 0 Å². The molecular formula is C12H19NO. The Morgan fingerprint density at radius 2 is 1.86 bits per heavy atom. The van der Waals surface area contributed by atoms with Crippen LogP contribution in [0.4, 0.5) is 0 Å². The molecule has 0 radical (unpaired) electrons. The first kappa shape index (κ1) is 11.2. The normalized spacial score (nSPS) is 15.1. The van der Waals surface area contributed by atoms with Crippen molar-refractivity contribution in [2.45, 2.75) is 25.7 Å². The SMILES string of the molecule is Cc1ccc([C@](C)(CN)CCO)cc1. The summed E-state index contributed by atoms with van der Waals surface area (Å²) in [6.45, 7) is 4.90. The second-order valence-electron chi connectivity index (χ2n) is 4.10. The van der Waals surface area contributed by atoms with Gasteiger partial charge in [0.25, 0.3) is 0 Å². The van der Waals surface area contributed by atoms with Gasteiger partial charge in [-0.3, -0.25) is 0 Å². The van der Waals surface area contributed by atoms with Crippen molar-refractivity contribution in [3.63, 3.8) is 0 Å². The lowest BCUT2D eigenvalue weighted by Crippen LogP contribution is -2.32. The van der Waals surface area contributed by atoms with Gasteiger partial charge in [-0.1, -0.05) is 36.8 Å². The molecule has 0 spiro atoms. The molecule has 0 heterocycles. The Labute approximate surface area is 85.8 Å². The van der Waals surface area contributed by atoms with Gasteiger partial charge < -0.3 is 10.8 Å². The summed E-state index contributed by atoms with van der Waals surface area (Å²) in [7, 11) is 0. The van der Waals surface area contributed by atoms with E-state index in [1.165, 1.54) is 11.1 Å². The summed E-state index contributed by atoms with van der Waals surface area (Å²) in [5.41, 5.74) is 8.11. The van der Waals surface area contributed by atoms with Gasteiger partial charge in [-0.15, -0.1) is 0 Å². The van der Waals surface area contributed by atoms with E-state index in [0.717, 1.165) is 0 Å². The summed E-state index contributed by atoms with van der Waals surface area (Å²) in [4.78, 5) is 0. The van der Waals surface area contributed by atoms with Crippen LogP contribution in [0.3, 0.4) is 0 Å². The van der Waals surface area contributed by atoms with E-state index in [1.54, 1.807) is 0 Å². The standard InChI is InChI=1S/C12H19NO/c1-10-3-5-11(6-4-10)12(2,9-13)7-8-14/h3-6,14H,7-9,13H2,1-2H3/t12-/m0/s1. The first-order chi connectivity index (χ1) is 6.62. The van der Waals surface area contributed by atoms with Crippen molar-refractivity contribution in [1.82, 2.24) is 0 Å². The van der Waals surface area contributed by atoms with Crippen molar-refractivity contribution < 1.29 is 5.11 Å². The third-order valence-electron chi connectivity index (χ3n) is 2.86. The number of rotatable bonds is 4. The molecule has 0 bridgehead atoms. The van der Waals surface area contributed by atoms with Crippen molar-refractivity contribution in [2.24, 2.45) is 5.73 Å². The molecule has 0 amide bonds. The topological polar surface area (TPSA) is 46.2 Å². The van der Waals surface area contributed by atoms with Gasteiger partial charge in [-0.2, -0.15) is 0 Å². The van der Waals surface area contributed by atoms with Crippen molar-refractivity contribution in [1.29, 1.82) is 0 Å². The number of hydrogen-bond donors (Lipinski definition) is 2. The fourth-order valence-electron chi connectivity index (χ4n) is 1.57. The van der Waals surface area contributed by atoms with Gasteiger partial charge in [0, 0.05) is 18.6 Å². The highest BCUT2D eigenvalue weighted by atomic mass is 16.3. The Balaban J connectivity index is 2.94. The van der Waals surface area contributed by atoms with Gasteiger partial charge in [-0.25, -0.2) is 0 Å². The van der Waals surface area contributed by atoms with Crippen molar-refractivity contribution in [3.05, 3.63) is 35.4 Å². The van der Waals surface area contributed by atoms with Crippen LogP contribution >= 0.6 is 0 Å². The monoisotopic (exact) mass is 193 g/mol. The van der Waals surface area contributed by atoms with Crippen LogP contribution in [0.25, 0.3) is 0 Å². The highest BCUT2D eigenvalue weighted by molar-refractivity contribution is 5.28. The third kappa shape index (κ3) is 2.34. The van der Waals surface area contributed by atoms with Crippen molar-refractivity contribution in [2.75, 3.05) is 13.2 Å². The Kier molecular flexibility index (Phi) is 3.67. The molecule has 0 saturated carbocycles. The van der Waals surface area contributed by atoms with Crippen LogP contribution in [0.15, 0.2) is 24.3 Å². The molecule has 1 aromatic rings. The molecule has 78 valence electrons. The van der Waals surface area contributed by atoms with E-state index in [4.69, 9.17) is 10.8 Å². The zero-order valence-electron chi connectivity index (χ0n) is 8.96. The minimum atomic E-state index is -0.0948. The van der Waals surface area contributed by atoms with Gasteiger partial charge in [0.1, 0.15) is 0 Å². The summed E-state index contributed by atoms with van der Waals surface area (Å²) >= 11 is 0. The van der Waals surface area contributed by atoms with Crippen molar-refractivity contribution in [3.8, 4) is 0 Å². The van der Waals surface area contributed by atoms with Crippen molar-refractivity contribution >= 4 is 0 Å². The van der Waals surface area contributed by atoms with E-state index in [1.807, 2.05) is 0 Å². The Bertz CT molecular complexity index is 281. The Hall–Kier alpha value is -0.860. The van der Waals surface area contributed by atoms with Crippen LogP contribution in [0.5, 0.6) is 0 Å². The fourth-order valence-corrected chi connectivity index (χ4v) is 1.57. The van der Waals surface area contributed by atoms with E-state index in [0.29, 0.717) is 13.0 Å². The average Bonchev–Trinajstić information content (AvgIpc) is 2.19.